The lowest BCUT2D eigenvalue weighted by Crippen LogP contribution is -2.30. The zero-order chi connectivity index (χ0) is 7.56. The molecule has 1 aliphatic rings. The molecule has 0 bridgehead atoms. The molecule has 57 valence electrons. The average molecular weight is 142 g/mol. The molecule has 1 rings (SSSR count). The third-order valence-corrected chi connectivity index (χ3v) is 2.14. The molecule has 2 unspecified atom stereocenters. The molecule has 2 atom stereocenters. The molecule has 0 heterocycles. The first kappa shape index (κ1) is 7.51. The Kier molecular flexibility index (Phi) is 2.25. The molecule has 0 aromatic heterocycles. The molecule has 1 saturated carbocycles. The first-order valence-corrected chi connectivity index (χ1v) is 3.68. The van der Waals surface area contributed by atoms with E-state index in [1.165, 1.54) is 0 Å². The van der Waals surface area contributed by atoms with Crippen LogP contribution in [0, 0.1) is 23.0 Å². The summed E-state index contributed by atoms with van der Waals surface area (Å²) in [5.41, 5.74) is 0. The van der Waals surface area contributed by atoms with Crippen molar-refractivity contribution >= 4 is 0 Å². The third kappa shape index (κ3) is 1.46. The highest BCUT2D eigenvalue weighted by molar-refractivity contribution is 4.76. The second-order valence-electron chi connectivity index (χ2n) is 2.90. The Labute approximate surface area is 60.6 Å². The lowest BCUT2D eigenvalue weighted by atomic mass is 9.86. The van der Waals surface area contributed by atoms with Crippen molar-refractivity contribution < 1.29 is 4.92 Å². The average Bonchev–Trinajstić information content (AvgIpc) is 1.88. The number of hydrogen-bond donors (Lipinski definition) is 0. The van der Waals surface area contributed by atoms with E-state index >= 15 is 0 Å². The summed E-state index contributed by atoms with van der Waals surface area (Å²) in [6, 6.07) is -0.367. The normalized spacial score (nSPS) is 33.7. The van der Waals surface area contributed by atoms with Crippen LogP contribution >= 0.6 is 0 Å². The first-order chi connectivity index (χ1) is 4.72. The van der Waals surface area contributed by atoms with Gasteiger partial charge in [-0.05, 0) is 19.8 Å². The minimum Gasteiger partial charge on any atom is -0.264 e. The number of rotatable bonds is 1. The van der Waals surface area contributed by atoms with Gasteiger partial charge in [0.15, 0.2) is 0 Å². The fraction of sp³-hybridized carbons (Fsp3) is 0.857. The zero-order valence-electron chi connectivity index (χ0n) is 5.95. The van der Waals surface area contributed by atoms with E-state index in [9.17, 15) is 10.1 Å². The van der Waals surface area contributed by atoms with E-state index in [-0.39, 0.29) is 16.9 Å². The Bertz CT molecular complexity index is 136. The van der Waals surface area contributed by atoms with Gasteiger partial charge in [0, 0.05) is 17.3 Å². The molecule has 10 heavy (non-hydrogen) atoms. The van der Waals surface area contributed by atoms with E-state index in [1.807, 2.05) is 0 Å². The molecule has 1 aliphatic carbocycles. The summed E-state index contributed by atoms with van der Waals surface area (Å²) < 4.78 is 0. The van der Waals surface area contributed by atoms with Gasteiger partial charge in [0.25, 0.3) is 0 Å². The monoisotopic (exact) mass is 142 g/mol. The smallest absolute Gasteiger partial charge is 0.215 e. The molecule has 0 N–H and O–H groups in total. The van der Waals surface area contributed by atoms with Crippen LogP contribution in [0.4, 0.5) is 0 Å². The Balaban J connectivity index is 2.47. The second-order valence-corrected chi connectivity index (χ2v) is 2.90. The maximum absolute atomic E-state index is 10.3. The van der Waals surface area contributed by atoms with Crippen LogP contribution in [0.2, 0.25) is 0 Å². The van der Waals surface area contributed by atoms with E-state index in [1.54, 1.807) is 0 Å². The molecular formula is C7H12NO2. The van der Waals surface area contributed by atoms with Crippen LogP contribution < -0.4 is 0 Å². The predicted molar refractivity (Wildman–Crippen MR) is 38.1 cm³/mol. The minimum absolute atomic E-state index is 0.0451. The number of nitrogens with zero attached hydrogens (tertiary/aromatic N) is 1. The van der Waals surface area contributed by atoms with Crippen molar-refractivity contribution in [1.29, 1.82) is 0 Å². The van der Waals surface area contributed by atoms with Crippen molar-refractivity contribution in [2.24, 2.45) is 5.92 Å². The topological polar surface area (TPSA) is 43.1 Å². The molecule has 0 spiro atoms. The van der Waals surface area contributed by atoms with Gasteiger partial charge in [0.1, 0.15) is 0 Å². The maximum Gasteiger partial charge on any atom is 0.215 e. The number of hydrogen-bond acceptors (Lipinski definition) is 2. The molecule has 0 amide bonds. The largest absolute Gasteiger partial charge is 0.264 e. The Morgan fingerprint density at radius 1 is 1.40 bits per heavy atom. The highest BCUT2D eigenvalue weighted by Gasteiger charge is 2.30. The first-order valence-electron chi connectivity index (χ1n) is 3.68. The van der Waals surface area contributed by atoms with E-state index in [2.05, 4.69) is 6.92 Å². The van der Waals surface area contributed by atoms with Crippen LogP contribution in [0.5, 0.6) is 0 Å². The van der Waals surface area contributed by atoms with Crippen LogP contribution in [0.1, 0.15) is 25.7 Å². The fourth-order valence-electron chi connectivity index (χ4n) is 1.47. The molecule has 0 aromatic carbocycles. The minimum atomic E-state index is -0.367. The summed E-state index contributed by atoms with van der Waals surface area (Å²) in [6.07, 6.45) is 3.75. The lowest BCUT2D eigenvalue weighted by Gasteiger charge is -2.21. The van der Waals surface area contributed by atoms with E-state index < -0.39 is 0 Å². The van der Waals surface area contributed by atoms with E-state index in [0.29, 0.717) is 0 Å². The van der Waals surface area contributed by atoms with Crippen molar-refractivity contribution in [2.45, 2.75) is 31.7 Å². The van der Waals surface area contributed by atoms with Gasteiger partial charge in [0.05, 0.1) is 0 Å². The van der Waals surface area contributed by atoms with Crippen molar-refractivity contribution in [3.8, 4) is 0 Å². The van der Waals surface area contributed by atoms with Crippen LogP contribution in [0.15, 0.2) is 0 Å². The molecular weight excluding hydrogens is 130 g/mol. The van der Waals surface area contributed by atoms with Crippen molar-refractivity contribution in [3.05, 3.63) is 17.0 Å². The standard InChI is InChI=1S/C7H12NO2/c1-6-4-2-3-5-7(6)8(9)10/h6-7H,1-5H2. The maximum atomic E-state index is 10.3. The summed E-state index contributed by atoms with van der Waals surface area (Å²) in [5.74, 6) is 0.0451. The zero-order valence-corrected chi connectivity index (χ0v) is 5.95. The summed E-state index contributed by atoms with van der Waals surface area (Å²) in [4.78, 5) is 10.1. The summed E-state index contributed by atoms with van der Waals surface area (Å²) in [7, 11) is 0. The van der Waals surface area contributed by atoms with E-state index in [4.69, 9.17) is 0 Å². The van der Waals surface area contributed by atoms with Crippen LogP contribution in [0.25, 0.3) is 0 Å². The highest BCUT2D eigenvalue weighted by atomic mass is 16.6. The summed E-state index contributed by atoms with van der Waals surface area (Å²) in [6.45, 7) is 3.76. The predicted octanol–water partition coefficient (Wildman–Crippen LogP) is 1.66. The molecule has 1 radical (unpaired) electrons. The second kappa shape index (κ2) is 2.99. The fourth-order valence-corrected chi connectivity index (χ4v) is 1.47. The van der Waals surface area contributed by atoms with Crippen LogP contribution in [-0.4, -0.2) is 11.0 Å². The Morgan fingerprint density at radius 3 is 2.40 bits per heavy atom. The van der Waals surface area contributed by atoms with Gasteiger partial charge in [-0.2, -0.15) is 0 Å². The van der Waals surface area contributed by atoms with E-state index in [0.717, 1.165) is 25.7 Å². The van der Waals surface area contributed by atoms with Crippen molar-refractivity contribution in [3.63, 3.8) is 0 Å². The molecule has 0 aliphatic heterocycles. The molecule has 3 nitrogen and oxygen atoms in total. The van der Waals surface area contributed by atoms with Crippen molar-refractivity contribution in [1.82, 2.24) is 0 Å². The van der Waals surface area contributed by atoms with Crippen LogP contribution in [0.3, 0.4) is 0 Å². The molecule has 0 aromatic rings. The molecule has 3 heteroatoms. The highest BCUT2D eigenvalue weighted by Crippen LogP contribution is 2.25. The molecule has 1 fully saturated rings. The van der Waals surface area contributed by atoms with Crippen LogP contribution in [-0.2, 0) is 0 Å². The number of nitro groups is 1. The Hall–Kier alpha value is -0.600. The lowest BCUT2D eigenvalue weighted by molar-refractivity contribution is -0.533. The van der Waals surface area contributed by atoms with Gasteiger partial charge < -0.3 is 0 Å². The van der Waals surface area contributed by atoms with Crippen molar-refractivity contribution in [2.75, 3.05) is 0 Å². The van der Waals surface area contributed by atoms with Gasteiger partial charge in [0.2, 0.25) is 6.04 Å². The summed E-state index contributed by atoms with van der Waals surface area (Å²) in [5, 5.41) is 10.3. The van der Waals surface area contributed by atoms with Gasteiger partial charge in [-0.3, -0.25) is 10.1 Å². The SMILES string of the molecule is [CH2]C1CCCCC1[N+](=O)[O-]. The van der Waals surface area contributed by atoms with Gasteiger partial charge in [-0.15, -0.1) is 0 Å². The quantitative estimate of drug-likeness (QED) is 0.412. The summed E-state index contributed by atoms with van der Waals surface area (Å²) >= 11 is 0. The molecule has 0 saturated heterocycles. The van der Waals surface area contributed by atoms with Gasteiger partial charge in [-0.25, -0.2) is 0 Å². The Morgan fingerprint density at radius 2 is 2.00 bits per heavy atom. The van der Waals surface area contributed by atoms with Gasteiger partial charge in [-0.1, -0.05) is 6.42 Å². The third-order valence-electron chi connectivity index (χ3n) is 2.14. The van der Waals surface area contributed by atoms with Gasteiger partial charge >= 0.3 is 0 Å².